The lowest BCUT2D eigenvalue weighted by atomic mass is 9.71. The van der Waals surface area contributed by atoms with Crippen LogP contribution in [0.3, 0.4) is 0 Å². The van der Waals surface area contributed by atoms with Gasteiger partial charge in [0.2, 0.25) is 5.91 Å². The highest BCUT2D eigenvalue weighted by molar-refractivity contribution is 5.78. The first-order valence-electron chi connectivity index (χ1n) is 11.5. The second-order valence-electron chi connectivity index (χ2n) is 9.03. The van der Waals surface area contributed by atoms with Gasteiger partial charge in [0.15, 0.2) is 0 Å². The van der Waals surface area contributed by atoms with Crippen molar-refractivity contribution in [3.8, 4) is 0 Å². The number of amides is 1. The Balaban J connectivity index is 1.58. The normalized spacial score (nSPS) is 21.9. The molecule has 32 heavy (non-hydrogen) atoms. The van der Waals surface area contributed by atoms with E-state index in [-0.39, 0.29) is 30.1 Å². The molecule has 2 aromatic carbocycles. The summed E-state index contributed by atoms with van der Waals surface area (Å²) in [4.78, 5) is 15.0. The van der Waals surface area contributed by atoms with E-state index >= 15 is 0 Å². The highest BCUT2D eigenvalue weighted by Crippen LogP contribution is 2.52. The number of aryl methyl sites for hydroxylation is 1. The van der Waals surface area contributed by atoms with E-state index in [1.807, 2.05) is 6.07 Å². The fourth-order valence-corrected chi connectivity index (χ4v) is 5.52. The van der Waals surface area contributed by atoms with Crippen LogP contribution in [-0.4, -0.2) is 50.3 Å². The number of fused-ring (bicyclic) bond motifs is 2. The molecule has 5 nitrogen and oxygen atoms in total. The van der Waals surface area contributed by atoms with Crippen molar-refractivity contribution in [1.82, 2.24) is 10.2 Å². The van der Waals surface area contributed by atoms with Gasteiger partial charge in [-0.1, -0.05) is 60.2 Å². The second kappa shape index (κ2) is 9.99. The van der Waals surface area contributed by atoms with Gasteiger partial charge < -0.3 is 14.8 Å². The summed E-state index contributed by atoms with van der Waals surface area (Å²) in [5, 5.41) is 3.19. The van der Waals surface area contributed by atoms with E-state index in [9.17, 15) is 4.79 Å². The number of rotatable bonds is 8. The third-order valence-electron chi connectivity index (χ3n) is 6.90. The SMILES string of the molecule is C=CCO[C@H]1[C@H](NC(=O)COC)c2ccccc2C12CCN(Cc1cccc(C)c1)CC2. The zero-order chi connectivity index (χ0) is 22.6. The van der Waals surface area contributed by atoms with E-state index in [0.717, 1.165) is 38.0 Å². The second-order valence-corrected chi connectivity index (χ2v) is 9.03. The standard InChI is InChI=1S/C27H34N2O3/c1-4-16-32-26-25(28-24(30)19-31-3)22-10-5-6-11-23(22)27(26)12-14-29(15-13-27)18-21-9-7-8-20(2)17-21/h4-11,17,25-26H,1,12-16,18-19H2,2-3H3,(H,28,30)/t25-,26+/m1/s1. The number of nitrogens with one attached hydrogen (secondary N) is 1. The van der Waals surface area contributed by atoms with Crippen LogP contribution < -0.4 is 5.32 Å². The molecule has 0 aromatic heterocycles. The molecule has 0 bridgehead atoms. The molecule has 1 aliphatic heterocycles. The number of piperidine rings is 1. The van der Waals surface area contributed by atoms with Gasteiger partial charge in [-0.3, -0.25) is 9.69 Å². The van der Waals surface area contributed by atoms with Crippen LogP contribution in [0.2, 0.25) is 0 Å². The molecule has 2 aliphatic rings. The van der Waals surface area contributed by atoms with Crippen molar-refractivity contribution in [2.45, 2.75) is 43.9 Å². The Kier molecular flexibility index (Phi) is 7.09. The summed E-state index contributed by atoms with van der Waals surface area (Å²) < 4.78 is 11.5. The van der Waals surface area contributed by atoms with Gasteiger partial charge in [0.25, 0.3) is 0 Å². The minimum atomic E-state index is -0.183. The predicted molar refractivity (Wildman–Crippen MR) is 127 cm³/mol. The molecular formula is C27H34N2O3. The van der Waals surface area contributed by atoms with Crippen LogP contribution in [0.25, 0.3) is 0 Å². The molecule has 1 fully saturated rings. The average molecular weight is 435 g/mol. The van der Waals surface area contributed by atoms with Crippen LogP contribution in [0.5, 0.6) is 0 Å². The largest absolute Gasteiger partial charge is 0.375 e. The van der Waals surface area contributed by atoms with E-state index in [1.54, 1.807) is 13.2 Å². The molecule has 2 atom stereocenters. The summed E-state index contributed by atoms with van der Waals surface area (Å²) in [6, 6.07) is 17.1. The highest BCUT2D eigenvalue weighted by atomic mass is 16.5. The number of carbonyl (C=O) groups is 1. The van der Waals surface area contributed by atoms with Gasteiger partial charge in [-0.05, 0) is 49.5 Å². The summed E-state index contributed by atoms with van der Waals surface area (Å²) in [7, 11) is 1.54. The van der Waals surface area contributed by atoms with E-state index in [4.69, 9.17) is 9.47 Å². The lowest BCUT2D eigenvalue weighted by molar-refractivity contribution is -0.127. The van der Waals surface area contributed by atoms with Gasteiger partial charge in [-0.15, -0.1) is 6.58 Å². The molecule has 1 heterocycles. The number of hydrogen-bond donors (Lipinski definition) is 1. The van der Waals surface area contributed by atoms with Crippen LogP contribution >= 0.6 is 0 Å². The fraction of sp³-hybridized carbons (Fsp3) is 0.444. The number of nitrogens with zero attached hydrogens (tertiary/aromatic N) is 1. The van der Waals surface area contributed by atoms with Crippen molar-refractivity contribution in [1.29, 1.82) is 0 Å². The number of methoxy groups -OCH3 is 1. The molecule has 1 N–H and O–H groups in total. The molecule has 2 aromatic rings. The van der Waals surface area contributed by atoms with E-state index in [2.05, 4.69) is 66.2 Å². The molecule has 170 valence electrons. The monoisotopic (exact) mass is 434 g/mol. The fourth-order valence-electron chi connectivity index (χ4n) is 5.52. The lowest BCUT2D eigenvalue weighted by Crippen LogP contribution is -2.51. The van der Waals surface area contributed by atoms with Gasteiger partial charge >= 0.3 is 0 Å². The van der Waals surface area contributed by atoms with Crippen LogP contribution in [-0.2, 0) is 26.2 Å². The highest BCUT2D eigenvalue weighted by Gasteiger charge is 2.54. The molecule has 4 rings (SSSR count). The molecule has 5 heteroatoms. The molecule has 0 unspecified atom stereocenters. The first-order chi connectivity index (χ1) is 15.6. The average Bonchev–Trinajstić information content (AvgIpc) is 3.03. The number of hydrogen-bond acceptors (Lipinski definition) is 4. The molecule has 0 radical (unpaired) electrons. The Hall–Kier alpha value is -2.47. The van der Waals surface area contributed by atoms with Gasteiger partial charge in [-0.2, -0.15) is 0 Å². The first kappa shape index (κ1) is 22.7. The van der Waals surface area contributed by atoms with Gasteiger partial charge in [0, 0.05) is 19.1 Å². The van der Waals surface area contributed by atoms with Crippen molar-refractivity contribution in [2.75, 3.05) is 33.4 Å². The predicted octanol–water partition coefficient (Wildman–Crippen LogP) is 3.92. The van der Waals surface area contributed by atoms with Gasteiger partial charge in [-0.25, -0.2) is 0 Å². The number of benzene rings is 2. The number of carbonyl (C=O) groups excluding carboxylic acids is 1. The summed E-state index contributed by atoms with van der Waals surface area (Å²) in [6.45, 7) is 9.45. The zero-order valence-electron chi connectivity index (χ0n) is 19.2. The Morgan fingerprint density at radius 2 is 2.00 bits per heavy atom. The minimum absolute atomic E-state index is 0.0457. The summed E-state index contributed by atoms with van der Waals surface area (Å²) >= 11 is 0. The topological polar surface area (TPSA) is 50.8 Å². The molecule has 0 saturated carbocycles. The van der Waals surface area contributed by atoms with E-state index in [1.165, 1.54) is 16.7 Å². The minimum Gasteiger partial charge on any atom is -0.375 e. The smallest absolute Gasteiger partial charge is 0.246 e. The maximum absolute atomic E-state index is 12.5. The Morgan fingerprint density at radius 1 is 1.22 bits per heavy atom. The third-order valence-corrected chi connectivity index (χ3v) is 6.90. The van der Waals surface area contributed by atoms with Crippen molar-refractivity contribution in [2.24, 2.45) is 0 Å². The van der Waals surface area contributed by atoms with Crippen LogP contribution in [0.4, 0.5) is 0 Å². The Labute approximate surface area is 191 Å². The van der Waals surface area contributed by atoms with Crippen molar-refractivity contribution < 1.29 is 14.3 Å². The summed E-state index contributed by atoms with van der Waals surface area (Å²) in [6.07, 6.45) is 3.65. The molecule has 1 amide bonds. The summed E-state index contributed by atoms with van der Waals surface area (Å²) in [5.74, 6) is -0.117. The molecule has 1 saturated heterocycles. The maximum Gasteiger partial charge on any atom is 0.246 e. The first-order valence-corrected chi connectivity index (χ1v) is 11.5. The van der Waals surface area contributed by atoms with Crippen molar-refractivity contribution >= 4 is 5.91 Å². The molecule has 1 spiro atoms. The maximum atomic E-state index is 12.5. The van der Waals surface area contributed by atoms with Crippen LogP contribution in [0.1, 0.15) is 41.1 Å². The van der Waals surface area contributed by atoms with Gasteiger partial charge in [0.05, 0.1) is 18.8 Å². The van der Waals surface area contributed by atoms with Crippen molar-refractivity contribution in [3.63, 3.8) is 0 Å². The number of ether oxygens (including phenoxy) is 2. The Morgan fingerprint density at radius 3 is 2.72 bits per heavy atom. The molecule has 1 aliphatic carbocycles. The summed E-state index contributed by atoms with van der Waals surface area (Å²) in [5.41, 5.74) is 5.02. The third kappa shape index (κ3) is 4.51. The van der Waals surface area contributed by atoms with Crippen LogP contribution in [0, 0.1) is 6.92 Å². The zero-order valence-corrected chi connectivity index (χ0v) is 19.2. The van der Waals surface area contributed by atoms with Crippen LogP contribution in [0.15, 0.2) is 61.2 Å². The molecular weight excluding hydrogens is 400 g/mol. The van der Waals surface area contributed by atoms with E-state index in [0.29, 0.717) is 6.61 Å². The lowest BCUT2D eigenvalue weighted by Gasteiger charge is -2.44. The quantitative estimate of drug-likeness (QED) is 0.640. The van der Waals surface area contributed by atoms with Crippen molar-refractivity contribution in [3.05, 3.63) is 83.4 Å². The Bertz CT molecular complexity index is 949. The van der Waals surface area contributed by atoms with E-state index < -0.39 is 0 Å². The van der Waals surface area contributed by atoms with Gasteiger partial charge in [0.1, 0.15) is 6.61 Å². The number of likely N-dealkylation sites (tertiary alicyclic amines) is 1.